The summed E-state index contributed by atoms with van der Waals surface area (Å²) >= 11 is 0. The van der Waals surface area contributed by atoms with Gasteiger partial charge in [0.05, 0.1) is 0 Å². The van der Waals surface area contributed by atoms with Crippen LogP contribution in [0.4, 0.5) is 5.69 Å². The second kappa shape index (κ2) is 8.68. The van der Waals surface area contributed by atoms with Crippen molar-refractivity contribution in [1.82, 2.24) is 4.98 Å². The van der Waals surface area contributed by atoms with E-state index in [0.29, 0.717) is 5.69 Å². The molecule has 0 radical (unpaired) electrons. The van der Waals surface area contributed by atoms with Gasteiger partial charge in [-0.05, 0) is 42.7 Å². The molecule has 0 unspecified atom stereocenters. The molecule has 1 N–H and O–H groups in total. The summed E-state index contributed by atoms with van der Waals surface area (Å²) < 4.78 is 4.93. The lowest BCUT2D eigenvalue weighted by molar-refractivity contribution is -0.119. The lowest BCUT2D eigenvalue weighted by Crippen LogP contribution is -2.21. The minimum atomic E-state index is -0.615. The molecule has 2 rings (SSSR count). The molecule has 1 aromatic carbocycles. The van der Waals surface area contributed by atoms with Gasteiger partial charge in [-0.3, -0.25) is 4.79 Å². The Morgan fingerprint density at radius 1 is 1.13 bits per heavy atom. The number of unbranched alkanes of at least 4 members (excludes halogenated alkanes) is 1. The highest BCUT2D eigenvalue weighted by Crippen LogP contribution is 2.11. The van der Waals surface area contributed by atoms with E-state index in [2.05, 4.69) is 17.2 Å². The molecule has 0 fully saturated rings. The zero-order valence-electron chi connectivity index (χ0n) is 13.1. The number of hydrogen-bond acceptors (Lipinski definition) is 4. The number of esters is 1. The van der Waals surface area contributed by atoms with Crippen molar-refractivity contribution in [3.8, 4) is 0 Å². The number of aryl methyl sites for hydroxylation is 1. The SMILES string of the molecule is CCCCc1ccc(NC(=O)COC(=O)c2ccccn2)cc1. The number of benzene rings is 1. The summed E-state index contributed by atoms with van der Waals surface area (Å²) in [6.07, 6.45) is 4.83. The van der Waals surface area contributed by atoms with Gasteiger partial charge in [-0.15, -0.1) is 0 Å². The van der Waals surface area contributed by atoms with Crippen LogP contribution in [0.3, 0.4) is 0 Å². The molecule has 0 aliphatic heterocycles. The summed E-state index contributed by atoms with van der Waals surface area (Å²) in [5, 5.41) is 2.70. The Morgan fingerprint density at radius 2 is 1.91 bits per heavy atom. The summed E-state index contributed by atoms with van der Waals surface area (Å²) in [4.78, 5) is 27.3. The van der Waals surface area contributed by atoms with Crippen LogP contribution in [0.2, 0.25) is 0 Å². The van der Waals surface area contributed by atoms with Crippen molar-refractivity contribution >= 4 is 17.6 Å². The largest absolute Gasteiger partial charge is 0.451 e. The maximum absolute atomic E-state index is 11.8. The predicted octanol–water partition coefficient (Wildman–Crippen LogP) is 3.22. The van der Waals surface area contributed by atoms with Gasteiger partial charge in [0, 0.05) is 11.9 Å². The molecule has 2 aromatic rings. The summed E-state index contributed by atoms with van der Waals surface area (Å²) in [6.45, 7) is 1.81. The first-order valence-electron chi connectivity index (χ1n) is 7.66. The lowest BCUT2D eigenvalue weighted by atomic mass is 10.1. The average Bonchev–Trinajstić information content (AvgIpc) is 2.60. The quantitative estimate of drug-likeness (QED) is 0.797. The molecule has 0 aliphatic carbocycles. The van der Waals surface area contributed by atoms with Gasteiger partial charge in [-0.25, -0.2) is 9.78 Å². The van der Waals surface area contributed by atoms with Crippen molar-refractivity contribution in [3.63, 3.8) is 0 Å². The maximum Gasteiger partial charge on any atom is 0.357 e. The van der Waals surface area contributed by atoms with Crippen LogP contribution in [0.25, 0.3) is 0 Å². The smallest absolute Gasteiger partial charge is 0.357 e. The molecule has 0 aliphatic rings. The molecule has 5 heteroatoms. The Labute approximate surface area is 135 Å². The Balaban J connectivity index is 1.79. The summed E-state index contributed by atoms with van der Waals surface area (Å²) in [7, 11) is 0. The van der Waals surface area contributed by atoms with Crippen molar-refractivity contribution in [1.29, 1.82) is 0 Å². The molecule has 1 amide bonds. The fourth-order valence-corrected chi connectivity index (χ4v) is 2.02. The fraction of sp³-hybridized carbons (Fsp3) is 0.278. The molecular weight excluding hydrogens is 292 g/mol. The molecule has 0 bridgehead atoms. The van der Waals surface area contributed by atoms with E-state index in [1.54, 1.807) is 12.1 Å². The Bertz CT molecular complexity index is 639. The Kier molecular flexibility index (Phi) is 6.29. The van der Waals surface area contributed by atoms with E-state index in [4.69, 9.17) is 4.74 Å². The van der Waals surface area contributed by atoms with Gasteiger partial charge in [0.15, 0.2) is 6.61 Å². The third-order valence-electron chi connectivity index (χ3n) is 3.27. The standard InChI is InChI=1S/C18H20N2O3/c1-2-3-6-14-8-10-15(11-9-14)20-17(21)13-23-18(22)16-7-4-5-12-19-16/h4-5,7-12H,2-3,6,13H2,1H3,(H,20,21). The number of ether oxygens (including phenoxy) is 1. The maximum atomic E-state index is 11.8. The highest BCUT2D eigenvalue weighted by Gasteiger charge is 2.11. The van der Waals surface area contributed by atoms with Crippen molar-refractivity contribution < 1.29 is 14.3 Å². The van der Waals surface area contributed by atoms with E-state index in [1.807, 2.05) is 24.3 Å². The van der Waals surface area contributed by atoms with Crippen LogP contribution >= 0.6 is 0 Å². The molecular formula is C18H20N2O3. The van der Waals surface area contributed by atoms with Gasteiger partial charge in [0.25, 0.3) is 5.91 Å². The molecule has 120 valence electrons. The Hall–Kier alpha value is -2.69. The highest BCUT2D eigenvalue weighted by atomic mass is 16.5. The molecule has 0 spiro atoms. The average molecular weight is 312 g/mol. The topological polar surface area (TPSA) is 68.3 Å². The third-order valence-corrected chi connectivity index (χ3v) is 3.27. The van der Waals surface area contributed by atoms with Gasteiger partial charge in [-0.2, -0.15) is 0 Å². The van der Waals surface area contributed by atoms with Gasteiger partial charge < -0.3 is 10.1 Å². The number of rotatable bonds is 7. The number of nitrogens with zero attached hydrogens (tertiary/aromatic N) is 1. The molecule has 5 nitrogen and oxygen atoms in total. The van der Waals surface area contributed by atoms with Crippen LogP contribution in [-0.4, -0.2) is 23.5 Å². The molecule has 0 atom stereocenters. The van der Waals surface area contributed by atoms with Gasteiger partial charge >= 0.3 is 5.97 Å². The minimum absolute atomic E-state index is 0.181. The summed E-state index contributed by atoms with van der Waals surface area (Å²) in [6, 6.07) is 12.6. The number of anilines is 1. The number of aromatic nitrogens is 1. The number of nitrogens with one attached hydrogen (secondary N) is 1. The van der Waals surface area contributed by atoms with Crippen molar-refractivity contribution in [3.05, 3.63) is 59.9 Å². The number of carbonyl (C=O) groups is 2. The van der Waals surface area contributed by atoms with E-state index < -0.39 is 5.97 Å². The molecule has 0 saturated heterocycles. The normalized spacial score (nSPS) is 10.1. The number of amides is 1. The van der Waals surface area contributed by atoms with E-state index in [9.17, 15) is 9.59 Å². The van der Waals surface area contributed by atoms with Crippen LogP contribution in [0.15, 0.2) is 48.7 Å². The fourth-order valence-electron chi connectivity index (χ4n) is 2.02. The minimum Gasteiger partial charge on any atom is -0.451 e. The molecule has 1 heterocycles. The van der Waals surface area contributed by atoms with Crippen molar-refractivity contribution in [2.24, 2.45) is 0 Å². The van der Waals surface area contributed by atoms with E-state index in [0.717, 1.165) is 19.3 Å². The van der Waals surface area contributed by atoms with Gasteiger partial charge in [0.1, 0.15) is 5.69 Å². The highest BCUT2D eigenvalue weighted by molar-refractivity contribution is 5.94. The Morgan fingerprint density at radius 3 is 2.57 bits per heavy atom. The zero-order chi connectivity index (χ0) is 16.5. The van der Waals surface area contributed by atoms with Crippen LogP contribution in [0.5, 0.6) is 0 Å². The monoisotopic (exact) mass is 312 g/mol. The van der Waals surface area contributed by atoms with Gasteiger partial charge in [-0.1, -0.05) is 31.5 Å². The van der Waals surface area contributed by atoms with Crippen LogP contribution in [0.1, 0.15) is 35.8 Å². The molecule has 1 aromatic heterocycles. The van der Waals surface area contributed by atoms with E-state index in [1.165, 1.54) is 17.8 Å². The number of hydrogen-bond donors (Lipinski definition) is 1. The summed E-state index contributed by atoms with van der Waals surface area (Å²) in [5.41, 5.74) is 2.11. The number of pyridine rings is 1. The van der Waals surface area contributed by atoms with Crippen molar-refractivity contribution in [2.75, 3.05) is 11.9 Å². The predicted molar refractivity (Wildman–Crippen MR) is 88.2 cm³/mol. The first-order valence-corrected chi connectivity index (χ1v) is 7.66. The molecule has 0 saturated carbocycles. The lowest BCUT2D eigenvalue weighted by Gasteiger charge is -2.07. The van der Waals surface area contributed by atoms with E-state index in [-0.39, 0.29) is 18.2 Å². The first kappa shape index (κ1) is 16.7. The van der Waals surface area contributed by atoms with Gasteiger partial charge in [0.2, 0.25) is 0 Å². The second-order valence-electron chi connectivity index (χ2n) is 5.14. The number of carbonyl (C=O) groups excluding carboxylic acids is 2. The third kappa shape index (κ3) is 5.54. The van der Waals surface area contributed by atoms with Crippen LogP contribution < -0.4 is 5.32 Å². The molecule has 23 heavy (non-hydrogen) atoms. The first-order chi connectivity index (χ1) is 11.2. The summed E-state index contributed by atoms with van der Waals surface area (Å²) in [5.74, 6) is -0.994. The van der Waals surface area contributed by atoms with Crippen LogP contribution in [0, 0.1) is 0 Å². The second-order valence-corrected chi connectivity index (χ2v) is 5.14. The van der Waals surface area contributed by atoms with Crippen LogP contribution in [-0.2, 0) is 16.0 Å². The zero-order valence-corrected chi connectivity index (χ0v) is 13.1. The van der Waals surface area contributed by atoms with Crippen molar-refractivity contribution in [2.45, 2.75) is 26.2 Å². The van der Waals surface area contributed by atoms with E-state index >= 15 is 0 Å².